The summed E-state index contributed by atoms with van der Waals surface area (Å²) in [5.41, 5.74) is 5.73. The number of rotatable bonds is 18. The van der Waals surface area contributed by atoms with Crippen molar-refractivity contribution in [1.82, 2.24) is 15.1 Å². The molecule has 0 aromatic heterocycles. The monoisotopic (exact) mass is 370 g/mol. The molecule has 0 unspecified atom stereocenters. The minimum atomic E-state index is 0.133. The maximum Gasteiger partial charge on any atom is 0.221 e. The van der Waals surface area contributed by atoms with E-state index in [0.29, 0.717) is 31.6 Å². The molecule has 0 saturated heterocycles. The molecule has 0 spiro atoms. The molecule has 3 N–H and O–H groups in total. The van der Waals surface area contributed by atoms with Crippen LogP contribution in [0.15, 0.2) is 0 Å². The fourth-order valence-electron chi connectivity index (χ4n) is 2.85. The standard InChI is InChI=1S/C20H42N4O2/c1-4-7-8-19(25)9-14-24(16-11-21)18-17-23(13-6-3)15-10-20(26)22-12-5-2/h4-18,21H2,1-3H3,(H,22,26). The first-order valence-corrected chi connectivity index (χ1v) is 10.5. The molecule has 0 aromatic rings. The molecule has 154 valence electrons. The van der Waals surface area contributed by atoms with Crippen LogP contribution in [-0.2, 0) is 9.59 Å². The minimum Gasteiger partial charge on any atom is -0.356 e. The van der Waals surface area contributed by atoms with E-state index in [2.05, 4.69) is 35.9 Å². The van der Waals surface area contributed by atoms with Crippen molar-refractivity contribution in [2.45, 2.75) is 65.7 Å². The van der Waals surface area contributed by atoms with Gasteiger partial charge in [0.1, 0.15) is 5.78 Å². The van der Waals surface area contributed by atoms with Crippen molar-refractivity contribution in [3.63, 3.8) is 0 Å². The van der Waals surface area contributed by atoms with E-state index in [0.717, 1.165) is 71.5 Å². The third-order valence-electron chi connectivity index (χ3n) is 4.46. The van der Waals surface area contributed by atoms with Gasteiger partial charge in [-0.2, -0.15) is 0 Å². The van der Waals surface area contributed by atoms with E-state index in [1.165, 1.54) is 0 Å². The van der Waals surface area contributed by atoms with Gasteiger partial charge in [0, 0.05) is 65.1 Å². The zero-order chi connectivity index (χ0) is 19.6. The maximum absolute atomic E-state index is 11.9. The zero-order valence-corrected chi connectivity index (χ0v) is 17.4. The van der Waals surface area contributed by atoms with Crippen molar-refractivity contribution in [3.8, 4) is 0 Å². The van der Waals surface area contributed by atoms with E-state index in [-0.39, 0.29) is 5.91 Å². The second-order valence-corrected chi connectivity index (χ2v) is 6.96. The van der Waals surface area contributed by atoms with Crippen molar-refractivity contribution in [2.75, 3.05) is 52.4 Å². The van der Waals surface area contributed by atoms with Gasteiger partial charge >= 0.3 is 0 Å². The topological polar surface area (TPSA) is 78.7 Å². The number of Topliss-reactive ketones (excluding diaryl/α,β-unsaturated/α-hetero) is 1. The summed E-state index contributed by atoms with van der Waals surface area (Å²) in [4.78, 5) is 28.3. The molecule has 0 aliphatic carbocycles. The van der Waals surface area contributed by atoms with Crippen molar-refractivity contribution >= 4 is 11.7 Å². The second-order valence-electron chi connectivity index (χ2n) is 6.96. The summed E-state index contributed by atoms with van der Waals surface area (Å²) >= 11 is 0. The van der Waals surface area contributed by atoms with Crippen molar-refractivity contribution < 1.29 is 9.59 Å². The Bertz CT molecular complexity index is 330. The summed E-state index contributed by atoms with van der Waals surface area (Å²) in [6, 6.07) is 0. The lowest BCUT2D eigenvalue weighted by Gasteiger charge is -2.27. The number of hydrogen-bond acceptors (Lipinski definition) is 5. The van der Waals surface area contributed by atoms with Crippen LogP contribution in [0, 0.1) is 0 Å². The van der Waals surface area contributed by atoms with Crippen molar-refractivity contribution in [1.29, 1.82) is 0 Å². The molecule has 0 bridgehead atoms. The number of hydrogen-bond donors (Lipinski definition) is 2. The first-order valence-electron chi connectivity index (χ1n) is 10.5. The molecule has 0 atom stereocenters. The molecule has 26 heavy (non-hydrogen) atoms. The van der Waals surface area contributed by atoms with Gasteiger partial charge in [-0.1, -0.05) is 27.2 Å². The summed E-state index contributed by atoms with van der Waals surface area (Å²) in [7, 11) is 0. The fraction of sp³-hybridized carbons (Fsp3) is 0.900. The number of nitrogens with zero attached hydrogens (tertiary/aromatic N) is 2. The molecular weight excluding hydrogens is 328 g/mol. The molecule has 0 aliphatic rings. The summed E-state index contributed by atoms with van der Waals surface area (Å²) in [6.07, 6.45) is 5.95. The lowest BCUT2D eigenvalue weighted by molar-refractivity contribution is -0.121. The van der Waals surface area contributed by atoms with Crippen LogP contribution in [0.2, 0.25) is 0 Å². The van der Waals surface area contributed by atoms with Gasteiger partial charge < -0.3 is 20.9 Å². The molecule has 1 amide bonds. The Morgan fingerprint density at radius 1 is 0.769 bits per heavy atom. The lowest BCUT2D eigenvalue weighted by Crippen LogP contribution is -2.40. The van der Waals surface area contributed by atoms with E-state index in [1.807, 2.05) is 0 Å². The molecule has 0 aromatic carbocycles. The van der Waals surface area contributed by atoms with Gasteiger partial charge in [0.25, 0.3) is 0 Å². The second kappa shape index (κ2) is 17.4. The number of unbranched alkanes of at least 4 members (excludes halogenated alkanes) is 1. The Labute approximate surface area is 160 Å². The van der Waals surface area contributed by atoms with Crippen LogP contribution in [0.25, 0.3) is 0 Å². The minimum absolute atomic E-state index is 0.133. The van der Waals surface area contributed by atoms with E-state index in [1.54, 1.807) is 0 Å². The highest BCUT2D eigenvalue weighted by Crippen LogP contribution is 2.02. The van der Waals surface area contributed by atoms with Crippen LogP contribution >= 0.6 is 0 Å². The third kappa shape index (κ3) is 14.2. The van der Waals surface area contributed by atoms with E-state index in [4.69, 9.17) is 5.73 Å². The van der Waals surface area contributed by atoms with Crippen LogP contribution < -0.4 is 11.1 Å². The van der Waals surface area contributed by atoms with Crippen molar-refractivity contribution in [3.05, 3.63) is 0 Å². The molecule has 0 fully saturated rings. The molecule has 0 radical (unpaired) electrons. The number of carbonyl (C=O) groups is 2. The molecule has 0 aliphatic heterocycles. The maximum atomic E-state index is 11.9. The molecule has 0 heterocycles. The predicted molar refractivity (Wildman–Crippen MR) is 109 cm³/mol. The van der Waals surface area contributed by atoms with Gasteiger partial charge in [-0.3, -0.25) is 9.59 Å². The highest BCUT2D eigenvalue weighted by Gasteiger charge is 2.12. The van der Waals surface area contributed by atoms with E-state index < -0.39 is 0 Å². The Hall–Kier alpha value is -0.980. The van der Waals surface area contributed by atoms with Gasteiger partial charge in [-0.05, 0) is 25.8 Å². The third-order valence-corrected chi connectivity index (χ3v) is 4.46. The number of nitrogens with one attached hydrogen (secondary N) is 1. The number of ketones is 1. The first-order chi connectivity index (χ1) is 12.6. The van der Waals surface area contributed by atoms with Crippen LogP contribution in [0.1, 0.15) is 65.7 Å². The Kier molecular flexibility index (Phi) is 16.8. The molecular formula is C20H42N4O2. The average molecular weight is 371 g/mol. The van der Waals surface area contributed by atoms with Gasteiger partial charge in [0.15, 0.2) is 0 Å². The smallest absolute Gasteiger partial charge is 0.221 e. The van der Waals surface area contributed by atoms with Gasteiger partial charge in [-0.25, -0.2) is 0 Å². The quantitative estimate of drug-likeness (QED) is 0.386. The van der Waals surface area contributed by atoms with Crippen LogP contribution in [0.5, 0.6) is 0 Å². The predicted octanol–water partition coefficient (Wildman–Crippen LogP) is 2.02. The summed E-state index contributed by atoms with van der Waals surface area (Å²) in [5.74, 6) is 0.486. The SMILES string of the molecule is CCCCC(=O)CCN(CCN)CCN(CCC)CCC(=O)NCCC. The van der Waals surface area contributed by atoms with Crippen LogP contribution in [0.3, 0.4) is 0 Å². The molecule has 6 nitrogen and oxygen atoms in total. The zero-order valence-electron chi connectivity index (χ0n) is 17.4. The fourth-order valence-corrected chi connectivity index (χ4v) is 2.85. The molecule has 0 rings (SSSR count). The number of amides is 1. The highest BCUT2D eigenvalue weighted by molar-refractivity contribution is 5.78. The molecule has 6 heteroatoms. The summed E-state index contributed by atoms with van der Waals surface area (Å²) in [6.45, 7) is 12.9. The van der Waals surface area contributed by atoms with E-state index in [9.17, 15) is 9.59 Å². The first kappa shape index (κ1) is 25.0. The summed E-state index contributed by atoms with van der Waals surface area (Å²) in [5, 5.41) is 2.93. The van der Waals surface area contributed by atoms with Crippen LogP contribution in [0.4, 0.5) is 0 Å². The van der Waals surface area contributed by atoms with Gasteiger partial charge in [-0.15, -0.1) is 0 Å². The van der Waals surface area contributed by atoms with Crippen LogP contribution in [-0.4, -0.2) is 73.8 Å². The lowest BCUT2D eigenvalue weighted by atomic mass is 10.1. The average Bonchev–Trinajstić information content (AvgIpc) is 2.64. The van der Waals surface area contributed by atoms with Gasteiger partial charge in [0.2, 0.25) is 5.91 Å². The Morgan fingerprint density at radius 2 is 1.42 bits per heavy atom. The molecule has 0 saturated carbocycles. The highest BCUT2D eigenvalue weighted by atomic mass is 16.1. The van der Waals surface area contributed by atoms with E-state index >= 15 is 0 Å². The Balaban J connectivity index is 4.26. The Morgan fingerprint density at radius 3 is 2.00 bits per heavy atom. The van der Waals surface area contributed by atoms with Gasteiger partial charge in [0.05, 0.1) is 0 Å². The largest absolute Gasteiger partial charge is 0.356 e. The number of nitrogens with two attached hydrogens (primary N) is 1. The number of carbonyl (C=O) groups excluding carboxylic acids is 2. The summed E-state index contributed by atoms with van der Waals surface area (Å²) < 4.78 is 0. The van der Waals surface area contributed by atoms with Crippen molar-refractivity contribution in [2.24, 2.45) is 5.73 Å². The normalized spacial score (nSPS) is 11.3.